The van der Waals surface area contributed by atoms with Crippen LogP contribution < -0.4 is 0 Å². The Morgan fingerprint density at radius 3 is 2.63 bits per heavy atom. The van der Waals surface area contributed by atoms with Crippen molar-refractivity contribution in [3.8, 4) is 11.4 Å². The minimum atomic E-state index is -0.0203. The first kappa shape index (κ1) is 12.6. The molecule has 0 bridgehead atoms. The normalized spacial score (nSPS) is 18.4. The van der Waals surface area contributed by atoms with E-state index in [0.717, 1.165) is 37.4 Å². The molecule has 1 N–H and O–H groups in total. The van der Waals surface area contributed by atoms with E-state index < -0.39 is 0 Å². The Morgan fingerprint density at radius 2 is 1.95 bits per heavy atom. The van der Waals surface area contributed by atoms with Gasteiger partial charge in [0, 0.05) is 18.8 Å². The summed E-state index contributed by atoms with van der Waals surface area (Å²) in [5, 5.41) is 7.34. The number of aromatic nitrogens is 3. The van der Waals surface area contributed by atoms with Crippen molar-refractivity contribution in [1.82, 2.24) is 14.8 Å². The molecular weight excluding hydrogens is 258 g/mol. The molecule has 1 aromatic heterocycles. The molecule has 0 spiro atoms. The van der Waals surface area contributed by atoms with E-state index in [9.17, 15) is 0 Å². The molecule has 1 saturated heterocycles. The molecule has 3 rings (SSSR count). The van der Waals surface area contributed by atoms with Crippen LogP contribution in [0.4, 0.5) is 0 Å². The Hall–Kier alpha value is -1.46. The largest absolute Gasteiger partial charge is 0.381 e. The Bertz CT molecular complexity index is 611. The Morgan fingerprint density at radius 1 is 1.26 bits per heavy atom. The fraction of sp³-hybridized carbons (Fsp3) is 0.429. The molecule has 100 valence electrons. The molecule has 2 aromatic rings. The van der Waals surface area contributed by atoms with Gasteiger partial charge in [-0.05, 0) is 32.0 Å². The molecule has 4 nitrogen and oxygen atoms in total. The number of hydrogen-bond acceptors (Lipinski definition) is 3. The molecule has 0 saturated carbocycles. The van der Waals surface area contributed by atoms with Crippen molar-refractivity contribution in [3.05, 3.63) is 35.1 Å². The Labute approximate surface area is 117 Å². The maximum atomic E-state index is 5.47. The number of hydrogen-bond donors (Lipinski definition) is 1. The summed E-state index contributed by atoms with van der Waals surface area (Å²) in [6.45, 7) is 3.78. The van der Waals surface area contributed by atoms with Crippen LogP contribution in [0.15, 0.2) is 30.3 Å². The molecule has 0 atom stereocenters. The van der Waals surface area contributed by atoms with Crippen LogP contribution in [0, 0.1) is 4.77 Å². The molecule has 2 heterocycles. The minimum absolute atomic E-state index is 0.0203. The van der Waals surface area contributed by atoms with Gasteiger partial charge in [-0.25, -0.2) is 0 Å². The van der Waals surface area contributed by atoms with E-state index in [4.69, 9.17) is 17.0 Å². The van der Waals surface area contributed by atoms with Crippen molar-refractivity contribution >= 4 is 12.2 Å². The van der Waals surface area contributed by atoms with E-state index in [1.807, 2.05) is 18.2 Å². The van der Waals surface area contributed by atoms with Gasteiger partial charge in [0.2, 0.25) is 0 Å². The standard InChI is InChI=1S/C14H17N3OS/c1-14(7-9-18-10-8-14)17-12(15-16-13(17)19)11-5-3-2-4-6-11/h2-6H,7-10H2,1H3,(H,16,19). The third-order valence-corrected chi connectivity index (χ3v) is 4.09. The van der Waals surface area contributed by atoms with Gasteiger partial charge in [-0.2, -0.15) is 5.10 Å². The van der Waals surface area contributed by atoms with Crippen LogP contribution in [-0.2, 0) is 10.3 Å². The summed E-state index contributed by atoms with van der Waals surface area (Å²) in [6, 6.07) is 10.2. The second-order valence-corrected chi connectivity index (χ2v) is 5.55. The Balaban J connectivity index is 2.11. The highest BCUT2D eigenvalue weighted by Crippen LogP contribution is 2.32. The molecule has 1 aliphatic heterocycles. The zero-order valence-electron chi connectivity index (χ0n) is 10.9. The van der Waals surface area contributed by atoms with Crippen molar-refractivity contribution in [1.29, 1.82) is 0 Å². The first-order chi connectivity index (χ1) is 9.21. The maximum absolute atomic E-state index is 5.47. The van der Waals surface area contributed by atoms with Crippen molar-refractivity contribution in [2.24, 2.45) is 0 Å². The average molecular weight is 275 g/mol. The summed E-state index contributed by atoms with van der Waals surface area (Å²) in [5.74, 6) is 0.912. The number of rotatable bonds is 2. The number of ether oxygens (including phenoxy) is 1. The lowest BCUT2D eigenvalue weighted by Gasteiger charge is -2.35. The third-order valence-electron chi connectivity index (χ3n) is 3.81. The molecule has 1 aromatic carbocycles. The van der Waals surface area contributed by atoms with E-state index in [2.05, 4.69) is 33.8 Å². The van der Waals surface area contributed by atoms with E-state index in [-0.39, 0.29) is 5.54 Å². The molecular formula is C14H17N3OS. The topological polar surface area (TPSA) is 42.8 Å². The zero-order valence-corrected chi connectivity index (χ0v) is 11.7. The van der Waals surface area contributed by atoms with E-state index in [1.54, 1.807) is 0 Å². The third kappa shape index (κ3) is 2.24. The van der Waals surface area contributed by atoms with Crippen molar-refractivity contribution in [2.45, 2.75) is 25.3 Å². The van der Waals surface area contributed by atoms with Crippen LogP contribution in [0.1, 0.15) is 19.8 Å². The summed E-state index contributed by atoms with van der Waals surface area (Å²) in [6.07, 6.45) is 1.92. The minimum Gasteiger partial charge on any atom is -0.381 e. The van der Waals surface area contributed by atoms with Crippen LogP contribution in [0.3, 0.4) is 0 Å². The van der Waals surface area contributed by atoms with Gasteiger partial charge in [-0.1, -0.05) is 30.3 Å². The van der Waals surface area contributed by atoms with Crippen LogP contribution in [0.5, 0.6) is 0 Å². The highest BCUT2D eigenvalue weighted by molar-refractivity contribution is 7.71. The van der Waals surface area contributed by atoms with Gasteiger partial charge in [-0.15, -0.1) is 0 Å². The summed E-state index contributed by atoms with van der Waals surface area (Å²) in [7, 11) is 0. The molecule has 19 heavy (non-hydrogen) atoms. The number of benzene rings is 1. The zero-order chi connectivity index (χ0) is 13.3. The summed E-state index contributed by atoms with van der Waals surface area (Å²) < 4.78 is 8.31. The van der Waals surface area contributed by atoms with Gasteiger partial charge in [0.1, 0.15) is 0 Å². The van der Waals surface area contributed by atoms with Gasteiger partial charge < -0.3 is 4.74 Å². The number of H-pyrrole nitrogens is 1. The lowest BCUT2D eigenvalue weighted by Crippen LogP contribution is -2.37. The van der Waals surface area contributed by atoms with E-state index in [0.29, 0.717) is 4.77 Å². The number of nitrogens with one attached hydrogen (secondary N) is 1. The Kier molecular flexibility index (Phi) is 3.24. The monoisotopic (exact) mass is 275 g/mol. The molecule has 0 radical (unpaired) electrons. The van der Waals surface area contributed by atoms with Gasteiger partial charge >= 0.3 is 0 Å². The highest BCUT2D eigenvalue weighted by atomic mass is 32.1. The van der Waals surface area contributed by atoms with E-state index >= 15 is 0 Å². The summed E-state index contributed by atoms with van der Waals surface area (Å²) >= 11 is 5.43. The van der Waals surface area contributed by atoms with Crippen LogP contribution >= 0.6 is 12.2 Å². The van der Waals surface area contributed by atoms with Gasteiger partial charge in [-0.3, -0.25) is 9.67 Å². The predicted octanol–water partition coefficient (Wildman–Crippen LogP) is 3.13. The predicted molar refractivity (Wildman–Crippen MR) is 76.5 cm³/mol. The second-order valence-electron chi connectivity index (χ2n) is 5.16. The van der Waals surface area contributed by atoms with E-state index in [1.165, 1.54) is 0 Å². The highest BCUT2D eigenvalue weighted by Gasteiger charge is 2.32. The quantitative estimate of drug-likeness (QED) is 0.856. The van der Waals surface area contributed by atoms with Crippen LogP contribution in [0.25, 0.3) is 11.4 Å². The maximum Gasteiger partial charge on any atom is 0.195 e. The summed E-state index contributed by atoms with van der Waals surface area (Å²) in [4.78, 5) is 0. The van der Waals surface area contributed by atoms with Gasteiger partial charge in [0.05, 0.1) is 5.54 Å². The fourth-order valence-corrected chi connectivity index (χ4v) is 2.97. The summed E-state index contributed by atoms with van der Waals surface area (Å²) in [5.41, 5.74) is 1.07. The smallest absolute Gasteiger partial charge is 0.195 e. The molecule has 0 unspecified atom stereocenters. The SMILES string of the molecule is CC1(n2c(-c3ccccc3)n[nH]c2=S)CCOCC1. The molecule has 0 amide bonds. The van der Waals surface area contributed by atoms with Crippen molar-refractivity contribution in [3.63, 3.8) is 0 Å². The molecule has 5 heteroatoms. The van der Waals surface area contributed by atoms with Crippen LogP contribution in [-0.4, -0.2) is 28.0 Å². The fourth-order valence-electron chi connectivity index (χ4n) is 2.61. The number of nitrogens with zero attached hydrogens (tertiary/aromatic N) is 2. The molecule has 1 aliphatic rings. The number of aromatic amines is 1. The lowest BCUT2D eigenvalue weighted by molar-refractivity contribution is 0.0295. The molecule has 1 fully saturated rings. The van der Waals surface area contributed by atoms with Crippen molar-refractivity contribution < 1.29 is 4.74 Å². The second kappa shape index (κ2) is 4.90. The van der Waals surface area contributed by atoms with Crippen molar-refractivity contribution in [2.75, 3.05) is 13.2 Å². The van der Waals surface area contributed by atoms with Crippen LogP contribution in [0.2, 0.25) is 0 Å². The first-order valence-electron chi connectivity index (χ1n) is 6.52. The van der Waals surface area contributed by atoms with Gasteiger partial charge in [0.15, 0.2) is 10.6 Å². The first-order valence-corrected chi connectivity index (χ1v) is 6.93. The van der Waals surface area contributed by atoms with Gasteiger partial charge in [0.25, 0.3) is 0 Å². The lowest BCUT2D eigenvalue weighted by atomic mass is 9.92. The average Bonchev–Trinajstić information content (AvgIpc) is 2.83. The molecule has 0 aliphatic carbocycles.